The molecule has 7 nitrogen and oxygen atoms in total. The summed E-state index contributed by atoms with van der Waals surface area (Å²) in [4.78, 5) is 29.4. The Hall–Kier alpha value is -2.85. The zero-order valence-corrected chi connectivity index (χ0v) is 20.2. The summed E-state index contributed by atoms with van der Waals surface area (Å²) in [5.41, 5.74) is 2.46. The number of benzene rings is 1. The molecule has 2 aliphatic heterocycles. The fourth-order valence-corrected chi connectivity index (χ4v) is 5.26. The van der Waals surface area contributed by atoms with E-state index in [0.717, 1.165) is 37.3 Å². The average Bonchev–Trinajstić information content (AvgIpc) is 3.26. The van der Waals surface area contributed by atoms with Crippen molar-refractivity contribution < 1.29 is 32.2 Å². The number of nitrogens with zero attached hydrogens (tertiary/aromatic N) is 3. The first kappa shape index (κ1) is 25.2. The van der Waals surface area contributed by atoms with Gasteiger partial charge in [-0.05, 0) is 44.2 Å². The second kappa shape index (κ2) is 9.66. The summed E-state index contributed by atoms with van der Waals surface area (Å²) in [6.45, 7) is 2.64. The van der Waals surface area contributed by atoms with Crippen molar-refractivity contribution >= 4 is 11.7 Å². The van der Waals surface area contributed by atoms with Gasteiger partial charge in [0.1, 0.15) is 12.4 Å². The monoisotopic (exact) mass is 493 g/mol. The zero-order valence-electron chi connectivity index (χ0n) is 20.2. The molecule has 2 aliphatic rings. The second-order valence-electron chi connectivity index (χ2n) is 9.19. The molecule has 35 heavy (non-hydrogen) atoms. The molecule has 0 aliphatic carbocycles. The normalized spacial score (nSPS) is 17.9. The fourth-order valence-electron chi connectivity index (χ4n) is 5.26. The van der Waals surface area contributed by atoms with Gasteiger partial charge in [-0.25, -0.2) is 0 Å². The summed E-state index contributed by atoms with van der Waals surface area (Å²) in [5.74, 6) is 0.206. The highest BCUT2D eigenvalue weighted by Gasteiger charge is 2.45. The Kier molecular flexibility index (Phi) is 6.97. The molecule has 0 atom stereocenters. The topological polar surface area (TPSA) is 64.0 Å². The number of fused-ring (bicyclic) bond motifs is 2. The van der Waals surface area contributed by atoms with Crippen molar-refractivity contribution in [2.45, 2.75) is 44.6 Å². The third kappa shape index (κ3) is 4.95. The molecule has 1 spiro atoms. The van der Waals surface area contributed by atoms with E-state index in [1.807, 2.05) is 12.1 Å². The molecule has 0 bridgehead atoms. The van der Waals surface area contributed by atoms with Crippen molar-refractivity contribution in [3.05, 3.63) is 52.8 Å². The number of ketones is 1. The lowest BCUT2D eigenvalue weighted by Gasteiger charge is -2.50. The first-order valence-corrected chi connectivity index (χ1v) is 11.6. The van der Waals surface area contributed by atoms with Crippen LogP contribution in [0.1, 0.15) is 51.9 Å². The summed E-state index contributed by atoms with van der Waals surface area (Å²) in [5, 5.41) is 0. The van der Waals surface area contributed by atoms with Gasteiger partial charge in [-0.2, -0.15) is 13.2 Å². The molecule has 0 radical (unpaired) electrons. The third-order valence-electron chi connectivity index (χ3n) is 7.14. The molecule has 1 saturated heterocycles. The van der Waals surface area contributed by atoms with E-state index in [1.165, 1.54) is 7.11 Å². The molecule has 1 amide bonds. The summed E-state index contributed by atoms with van der Waals surface area (Å²) in [6.07, 6.45) is -2.94. The number of likely N-dealkylation sites (N-methyl/N-ethyl adjacent to an activating group) is 1. The SMILES string of the molecule is COc1cc(C(=O)N2CCC3(CC2)c2ccc(C(C)=O)n2CCN3C)ccc1COCC(F)(F)F. The van der Waals surface area contributed by atoms with E-state index in [9.17, 15) is 22.8 Å². The van der Waals surface area contributed by atoms with E-state index in [-0.39, 0.29) is 23.8 Å². The smallest absolute Gasteiger partial charge is 0.411 e. The van der Waals surface area contributed by atoms with Crippen LogP contribution in [-0.2, 0) is 23.4 Å². The average molecular weight is 494 g/mol. The number of alkyl halides is 3. The number of hydrogen-bond donors (Lipinski definition) is 0. The van der Waals surface area contributed by atoms with Gasteiger partial charge in [0, 0.05) is 49.9 Å². The van der Waals surface area contributed by atoms with Gasteiger partial charge in [0.05, 0.1) is 24.9 Å². The summed E-state index contributed by atoms with van der Waals surface area (Å²) >= 11 is 0. The maximum absolute atomic E-state index is 13.2. The summed E-state index contributed by atoms with van der Waals surface area (Å²) < 4.78 is 49.2. The Bertz CT molecular complexity index is 1100. The number of hydrogen-bond acceptors (Lipinski definition) is 5. The lowest BCUT2D eigenvalue weighted by molar-refractivity contribution is -0.176. The van der Waals surface area contributed by atoms with Crippen LogP contribution in [0.25, 0.3) is 0 Å². The van der Waals surface area contributed by atoms with E-state index in [4.69, 9.17) is 9.47 Å². The number of piperidine rings is 1. The number of carbonyl (C=O) groups is 2. The molecule has 1 fully saturated rings. The van der Waals surface area contributed by atoms with Crippen LogP contribution in [0, 0.1) is 0 Å². The first-order valence-electron chi connectivity index (χ1n) is 11.6. The number of rotatable bonds is 6. The van der Waals surface area contributed by atoms with Gasteiger partial charge in [0.25, 0.3) is 5.91 Å². The Morgan fingerprint density at radius 2 is 1.77 bits per heavy atom. The van der Waals surface area contributed by atoms with Crippen LogP contribution >= 0.6 is 0 Å². The van der Waals surface area contributed by atoms with Crippen molar-refractivity contribution in [2.24, 2.45) is 0 Å². The zero-order chi connectivity index (χ0) is 25.4. The highest BCUT2D eigenvalue weighted by atomic mass is 19.4. The van der Waals surface area contributed by atoms with Gasteiger partial charge in [0.2, 0.25) is 0 Å². The number of ether oxygens (including phenoxy) is 2. The fraction of sp³-hybridized carbons (Fsp3) is 0.520. The van der Waals surface area contributed by atoms with Crippen LogP contribution in [0.4, 0.5) is 13.2 Å². The van der Waals surface area contributed by atoms with Crippen molar-refractivity contribution in [1.82, 2.24) is 14.4 Å². The minimum atomic E-state index is -4.41. The number of carbonyl (C=O) groups excluding carboxylic acids is 2. The molecular formula is C25H30F3N3O4. The maximum atomic E-state index is 13.2. The molecule has 0 unspecified atom stereocenters. The standard InChI is InChI=1S/C25H30F3N3O4/c1-17(32)20-6-7-22-24(29(2)12-13-31(20)22)8-10-30(11-9-24)23(33)18-4-5-19(21(14-18)34-3)15-35-16-25(26,27)28/h4-7,14H,8-13,15-16H2,1-3H3. The van der Waals surface area contributed by atoms with Gasteiger partial charge in [-0.15, -0.1) is 0 Å². The largest absolute Gasteiger partial charge is 0.496 e. The van der Waals surface area contributed by atoms with Gasteiger partial charge in [0.15, 0.2) is 5.78 Å². The van der Waals surface area contributed by atoms with Gasteiger partial charge < -0.3 is 18.9 Å². The molecule has 2 aromatic rings. The predicted octanol–water partition coefficient (Wildman–Crippen LogP) is 3.86. The molecule has 1 aromatic heterocycles. The highest BCUT2D eigenvalue weighted by Crippen LogP contribution is 2.41. The van der Waals surface area contributed by atoms with Crippen LogP contribution in [0.3, 0.4) is 0 Å². The lowest BCUT2D eigenvalue weighted by Crippen LogP contribution is -2.56. The quantitative estimate of drug-likeness (QED) is 0.572. The molecule has 0 saturated carbocycles. The minimum absolute atomic E-state index is 0.0461. The van der Waals surface area contributed by atoms with Gasteiger partial charge >= 0.3 is 6.18 Å². The number of halogens is 3. The number of methoxy groups -OCH3 is 1. The maximum Gasteiger partial charge on any atom is 0.411 e. The van der Waals surface area contributed by atoms with Crippen molar-refractivity contribution in [2.75, 3.05) is 40.4 Å². The molecular weight excluding hydrogens is 463 g/mol. The van der Waals surface area contributed by atoms with Crippen LogP contribution in [0.2, 0.25) is 0 Å². The Morgan fingerprint density at radius 3 is 2.40 bits per heavy atom. The highest BCUT2D eigenvalue weighted by molar-refractivity contribution is 5.95. The molecule has 0 N–H and O–H groups in total. The van der Waals surface area contributed by atoms with Crippen LogP contribution in [-0.4, -0.2) is 72.6 Å². The number of likely N-dealkylation sites (tertiary alicyclic amines) is 1. The summed E-state index contributed by atoms with van der Waals surface area (Å²) in [6, 6.07) is 8.64. The molecule has 190 valence electrons. The van der Waals surface area contributed by atoms with Crippen molar-refractivity contribution in [3.8, 4) is 5.75 Å². The van der Waals surface area contributed by atoms with Gasteiger partial charge in [-0.1, -0.05) is 6.07 Å². The number of aromatic nitrogens is 1. The van der Waals surface area contributed by atoms with E-state index >= 15 is 0 Å². The number of amides is 1. The molecule has 4 rings (SSSR count). The minimum Gasteiger partial charge on any atom is -0.496 e. The second-order valence-corrected chi connectivity index (χ2v) is 9.19. The Balaban J connectivity index is 1.47. The lowest BCUT2D eigenvalue weighted by atomic mass is 9.81. The molecule has 1 aromatic carbocycles. The van der Waals surface area contributed by atoms with Crippen molar-refractivity contribution in [3.63, 3.8) is 0 Å². The molecule has 10 heteroatoms. The first-order chi connectivity index (χ1) is 16.6. The summed E-state index contributed by atoms with van der Waals surface area (Å²) in [7, 11) is 3.50. The Labute approximate surface area is 202 Å². The van der Waals surface area contributed by atoms with Crippen LogP contribution in [0.5, 0.6) is 5.75 Å². The van der Waals surface area contributed by atoms with Crippen LogP contribution < -0.4 is 4.74 Å². The van der Waals surface area contributed by atoms with Gasteiger partial charge in [-0.3, -0.25) is 14.5 Å². The van der Waals surface area contributed by atoms with E-state index in [1.54, 1.807) is 30.0 Å². The third-order valence-corrected chi connectivity index (χ3v) is 7.14. The van der Waals surface area contributed by atoms with E-state index in [0.29, 0.717) is 30.0 Å². The Morgan fingerprint density at radius 1 is 1.06 bits per heavy atom. The predicted molar refractivity (Wildman–Crippen MR) is 123 cm³/mol. The van der Waals surface area contributed by atoms with E-state index < -0.39 is 12.8 Å². The molecule has 3 heterocycles. The van der Waals surface area contributed by atoms with Crippen LogP contribution in [0.15, 0.2) is 30.3 Å². The van der Waals surface area contributed by atoms with Crippen molar-refractivity contribution in [1.29, 1.82) is 0 Å². The van der Waals surface area contributed by atoms with E-state index in [2.05, 4.69) is 16.5 Å². The number of Topliss-reactive ketones (excluding diaryl/α,β-unsaturated/α-hetero) is 1.